The molecule has 0 atom stereocenters. The Hall–Kier alpha value is -0.757. The van der Waals surface area contributed by atoms with Gasteiger partial charge in [0, 0.05) is 11.9 Å². The second kappa shape index (κ2) is 5.99. The van der Waals surface area contributed by atoms with Crippen LogP contribution in [0.3, 0.4) is 0 Å². The van der Waals surface area contributed by atoms with Crippen LogP contribution < -0.4 is 0 Å². The maximum atomic E-state index is 9.06. The number of aromatic nitrogens is 1. The van der Waals surface area contributed by atoms with E-state index in [1.165, 1.54) is 0 Å². The van der Waals surface area contributed by atoms with Crippen LogP contribution >= 0.6 is 0 Å². The molecule has 0 aliphatic rings. The van der Waals surface area contributed by atoms with Crippen LogP contribution in [0.2, 0.25) is 0 Å². The Morgan fingerprint density at radius 1 is 1.64 bits per heavy atom. The number of nitrogens with zero attached hydrogens (tertiary/aromatic N) is 1. The molecule has 55 valence electrons. The quantitative estimate of drug-likeness (QED) is 0.652. The van der Waals surface area contributed by atoms with Crippen molar-refractivity contribution < 1.29 is 28.2 Å². The summed E-state index contributed by atoms with van der Waals surface area (Å²) >= 11 is 0.347. The summed E-state index contributed by atoms with van der Waals surface area (Å²) in [5, 5.41) is 7.47. The zero-order valence-electron chi connectivity index (χ0n) is 6.32. The topological polar surface area (TPSA) is 50.2 Å². The fourth-order valence-corrected chi connectivity index (χ4v) is 0.448. The van der Waals surface area contributed by atoms with Crippen LogP contribution in [0.15, 0.2) is 24.4 Å². The van der Waals surface area contributed by atoms with Crippen LogP contribution in [0, 0.1) is 6.92 Å². The van der Waals surface area contributed by atoms with Crippen LogP contribution in [0.5, 0.6) is 0 Å². The third-order valence-electron chi connectivity index (χ3n) is 0.813. The van der Waals surface area contributed by atoms with Gasteiger partial charge < -0.3 is 0 Å². The van der Waals surface area contributed by atoms with E-state index in [1.807, 2.05) is 25.1 Å². The van der Waals surface area contributed by atoms with Crippen molar-refractivity contribution in [3.8, 4) is 0 Å². The minimum atomic E-state index is -0.708. The van der Waals surface area contributed by atoms with Gasteiger partial charge in [0.05, 0.1) is 0 Å². The molecule has 1 aromatic rings. The molecule has 1 aromatic heterocycles. The van der Waals surface area contributed by atoms with Crippen molar-refractivity contribution in [1.29, 1.82) is 0 Å². The van der Waals surface area contributed by atoms with Crippen molar-refractivity contribution in [2.45, 2.75) is 6.92 Å². The summed E-state index contributed by atoms with van der Waals surface area (Å²) in [4.78, 5) is 13.0. The van der Waals surface area contributed by atoms with Crippen molar-refractivity contribution in [3.05, 3.63) is 30.1 Å². The van der Waals surface area contributed by atoms with E-state index in [9.17, 15) is 0 Å². The molecule has 0 saturated carbocycles. The van der Waals surface area contributed by atoms with E-state index < -0.39 is 4.56 Å². The summed E-state index contributed by atoms with van der Waals surface area (Å²) < 4.78 is -0.708. The second-order valence-electron chi connectivity index (χ2n) is 1.86. The van der Waals surface area contributed by atoms with Crippen molar-refractivity contribution >= 4 is 4.56 Å². The minimum absolute atomic E-state index is 0.347. The van der Waals surface area contributed by atoms with E-state index >= 15 is 0 Å². The first-order chi connectivity index (χ1) is 5.13. The molecule has 0 fully saturated rings. The molecule has 0 spiro atoms. The first-order valence-electron chi connectivity index (χ1n) is 3.05. The van der Waals surface area contributed by atoms with Gasteiger partial charge in [-0.15, -0.1) is 0 Å². The third-order valence-corrected chi connectivity index (χ3v) is 0.813. The van der Waals surface area contributed by atoms with Gasteiger partial charge in [-0.25, -0.2) is 0 Å². The number of hydrogen-bond donors (Lipinski definition) is 1. The number of pyridine rings is 1. The molecule has 0 aliphatic heterocycles. The number of carbonyl (C=O) groups is 1. The molecule has 0 aliphatic carbocycles. The molecule has 0 radical (unpaired) electrons. The van der Waals surface area contributed by atoms with E-state index in [2.05, 4.69) is 4.98 Å². The average molecular weight is 204 g/mol. The Morgan fingerprint density at radius 2 is 2.18 bits per heavy atom. The zero-order chi connectivity index (χ0) is 8.69. The Balaban J connectivity index is 0.000000218. The molecule has 0 bridgehead atoms. The first kappa shape index (κ1) is 10.2. The second-order valence-corrected chi connectivity index (χ2v) is 3.13. The van der Waals surface area contributed by atoms with Gasteiger partial charge in [0.1, 0.15) is 0 Å². The molecule has 0 amide bonds. The summed E-state index contributed by atoms with van der Waals surface area (Å²) in [6.45, 7) is 1.97. The Labute approximate surface area is 75.1 Å². The molecule has 1 N–H and O–H groups in total. The van der Waals surface area contributed by atoms with E-state index in [0.29, 0.717) is 18.3 Å². The standard InChI is InChI=1S/C6H7N.CHO2.Zn/c1-6-4-2-3-5-7-6;2-1-3;/h2-5H,1H3;(H,2,3);. The number of aryl methyl sites for hydroxylation is 1. The molecule has 11 heavy (non-hydrogen) atoms. The maximum absolute atomic E-state index is 9.06. The van der Waals surface area contributed by atoms with E-state index in [1.54, 1.807) is 6.20 Å². The molecular formula is C7H8NO2Zn. The Kier molecular flexibility index (Phi) is 5.57. The number of rotatable bonds is 0. The molecule has 0 aromatic carbocycles. The van der Waals surface area contributed by atoms with Crippen LogP contribution in [0.25, 0.3) is 0 Å². The van der Waals surface area contributed by atoms with Crippen molar-refractivity contribution in [1.82, 2.24) is 4.98 Å². The first-order valence-corrected chi connectivity index (χ1v) is 4.54. The predicted octanol–water partition coefficient (Wildman–Crippen LogP) is 1.60. The van der Waals surface area contributed by atoms with Gasteiger partial charge in [-0.05, 0) is 19.1 Å². The fourth-order valence-electron chi connectivity index (χ4n) is 0.448. The average Bonchev–Trinajstić information content (AvgIpc) is 1.87. The molecule has 1 rings (SSSR count). The van der Waals surface area contributed by atoms with E-state index in [4.69, 9.17) is 9.90 Å². The predicted molar refractivity (Wildman–Crippen MR) is 37.0 cm³/mol. The summed E-state index contributed by atoms with van der Waals surface area (Å²) in [5.41, 5.74) is 1.07. The van der Waals surface area contributed by atoms with Gasteiger partial charge in [-0.3, -0.25) is 4.98 Å². The van der Waals surface area contributed by atoms with Gasteiger partial charge in [0.2, 0.25) is 0 Å². The molecule has 4 heteroatoms. The van der Waals surface area contributed by atoms with Gasteiger partial charge in [0.25, 0.3) is 0 Å². The molecule has 0 saturated heterocycles. The number of hydrogen-bond acceptors (Lipinski definition) is 2. The summed E-state index contributed by atoms with van der Waals surface area (Å²) in [6, 6.07) is 5.86. The number of carboxylic acid groups (broad SMARTS) is 1. The van der Waals surface area contributed by atoms with Gasteiger partial charge in [-0.1, -0.05) is 6.07 Å². The zero-order valence-corrected chi connectivity index (χ0v) is 9.29. The molecule has 1 heterocycles. The van der Waals surface area contributed by atoms with Crippen LogP contribution in [-0.2, 0) is 18.3 Å². The molecule has 3 nitrogen and oxygen atoms in total. The van der Waals surface area contributed by atoms with E-state index in [-0.39, 0.29) is 0 Å². The van der Waals surface area contributed by atoms with Crippen LogP contribution in [0.4, 0.5) is 4.79 Å². The van der Waals surface area contributed by atoms with Crippen molar-refractivity contribution in [2.24, 2.45) is 0 Å². The van der Waals surface area contributed by atoms with Gasteiger partial charge in [-0.2, -0.15) is 0 Å². The van der Waals surface area contributed by atoms with Crippen molar-refractivity contribution in [3.63, 3.8) is 0 Å². The molecular weight excluding hydrogens is 195 g/mol. The van der Waals surface area contributed by atoms with Crippen LogP contribution in [0.1, 0.15) is 5.69 Å². The summed E-state index contributed by atoms with van der Waals surface area (Å²) in [7, 11) is 0. The monoisotopic (exact) mass is 202 g/mol. The van der Waals surface area contributed by atoms with E-state index in [0.717, 1.165) is 5.69 Å². The normalized spacial score (nSPS) is 7.91. The fraction of sp³-hybridized carbons (Fsp3) is 0.143. The van der Waals surface area contributed by atoms with Gasteiger partial charge >= 0.3 is 32.8 Å². The Bertz CT molecular complexity index is 209. The summed E-state index contributed by atoms with van der Waals surface area (Å²) in [6.07, 6.45) is 1.79. The van der Waals surface area contributed by atoms with Gasteiger partial charge in [0.15, 0.2) is 0 Å². The van der Waals surface area contributed by atoms with Crippen molar-refractivity contribution in [2.75, 3.05) is 0 Å². The van der Waals surface area contributed by atoms with Crippen LogP contribution in [-0.4, -0.2) is 14.7 Å². The molecule has 0 unspecified atom stereocenters. The SMILES string of the molecule is Cc1ccccn1.O=[C](O)[Zn]. The Morgan fingerprint density at radius 3 is 2.36 bits per heavy atom. The third kappa shape index (κ3) is 9.24. The summed E-state index contributed by atoms with van der Waals surface area (Å²) in [5.74, 6) is 0.